The fraction of sp³-hybridized carbons (Fsp3) is 0.444. The maximum absolute atomic E-state index is 12.8. The van der Waals surface area contributed by atoms with Crippen LogP contribution in [0.25, 0.3) is 0 Å². The lowest BCUT2D eigenvalue weighted by atomic mass is 9.79. The van der Waals surface area contributed by atoms with E-state index in [9.17, 15) is 13.2 Å². The zero-order chi connectivity index (χ0) is 19.9. The van der Waals surface area contributed by atoms with Gasteiger partial charge in [0.05, 0.1) is 10.6 Å². The van der Waals surface area contributed by atoms with Crippen LogP contribution in [-0.2, 0) is 17.1 Å². The molecule has 0 unspecified atom stereocenters. The number of hydrogen-bond donors (Lipinski definition) is 2. The number of aryl methyl sites for hydroxylation is 2. The molecular weight excluding hydrogens is 352 g/mol. The van der Waals surface area contributed by atoms with Crippen LogP contribution in [0.4, 0.5) is 5.69 Å². The molecule has 2 aromatic rings. The van der Waals surface area contributed by atoms with E-state index in [0.717, 1.165) is 5.56 Å². The van der Waals surface area contributed by atoms with Gasteiger partial charge >= 0.3 is 0 Å². The number of aromatic nitrogens is 2. The summed E-state index contributed by atoms with van der Waals surface area (Å²) in [5, 5.41) is 4.38. The highest BCUT2D eigenvalue weighted by molar-refractivity contribution is 7.92. The molecule has 1 aromatic heterocycles. The molecule has 0 bridgehead atoms. The molecule has 0 saturated carbocycles. The van der Waals surface area contributed by atoms with Gasteiger partial charge in [-0.2, -0.15) is 5.10 Å². The van der Waals surface area contributed by atoms with Crippen molar-refractivity contribution in [2.75, 3.05) is 4.72 Å². The summed E-state index contributed by atoms with van der Waals surface area (Å²) in [6, 6.07) is 6.46. The van der Waals surface area contributed by atoms with E-state index in [4.69, 9.17) is 5.73 Å². The Hall–Kier alpha value is -2.35. The molecule has 26 heavy (non-hydrogen) atoms. The third-order valence-corrected chi connectivity index (χ3v) is 5.95. The van der Waals surface area contributed by atoms with Gasteiger partial charge in [0.1, 0.15) is 11.4 Å². The van der Waals surface area contributed by atoms with Crippen LogP contribution in [0.3, 0.4) is 0 Å². The van der Waals surface area contributed by atoms with Gasteiger partial charge in [0.25, 0.3) is 15.9 Å². The molecule has 1 amide bonds. The SMILES string of the molecule is Cc1ccc(S(=O)(=O)Nc2c([C@@H](C)C(C)(C)C)nn(C)c2C(N)=O)cc1. The molecule has 8 heteroatoms. The van der Waals surface area contributed by atoms with Gasteiger partial charge in [0, 0.05) is 13.0 Å². The second-order valence-corrected chi connectivity index (χ2v) is 9.29. The third-order valence-electron chi connectivity index (χ3n) is 4.58. The number of sulfonamides is 1. The molecule has 0 aliphatic carbocycles. The van der Waals surface area contributed by atoms with Gasteiger partial charge in [-0.05, 0) is 24.5 Å². The van der Waals surface area contributed by atoms with Crippen molar-refractivity contribution in [3.63, 3.8) is 0 Å². The molecule has 0 fully saturated rings. The molecule has 2 rings (SSSR count). The van der Waals surface area contributed by atoms with Crippen molar-refractivity contribution in [2.24, 2.45) is 18.2 Å². The van der Waals surface area contributed by atoms with Crippen LogP contribution in [-0.4, -0.2) is 24.1 Å². The highest BCUT2D eigenvalue weighted by atomic mass is 32.2. The van der Waals surface area contributed by atoms with Crippen molar-refractivity contribution in [3.8, 4) is 0 Å². The molecule has 7 nitrogen and oxygen atoms in total. The highest BCUT2D eigenvalue weighted by Gasteiger charge is 2.32. The van der Waals surface area contributed by atoms with E-state index in [2.05, 4.69) is 9.82 Å². The Morgan fingerprint density at radius 1 is 1.23 bits per heavy atom. The Morgan fingerprint density at radius 3 is 2.23 bits per heavy atom. The van der Waals surface area contributed by atoms with Gasteiger partial charge in [0.2, 0.25) is 0 Å². The number of nitrogens with one attached hydrogen (secondary N) is 1. The predicted molar refractivity (Wildman–Crippen MR) is 102 cm³/mol. The second kappa shape index (κ2) is 6.75. The van der Waals surface area contributed by atoms with Gasteiger partial charge in [-0.15, -0.1) is 0 Å². The van der Waals surface area contributed by atoms with Crippen molar-refractivity contribution in [1.82, 2.24) is 9.78 Å². The van der Waals surface area contributed by atoms with E-state index in [1.54, 1.807) is 19.2 Å². The van der Waals surface area contributed by atoms with Gasteiger partial charge < -0.3 is 5.73 Å². The Morgan fingerprint density at radius 2 is 1.77 bits per heavy atom. The molecule has 3 N–H and O–H groups in total. The number of benzene rings is 1. The molecule has 1 aromatic carbocycles. The van der Waals surface area contributed by atoms with Gasteiger partial charge in [0.15, 0.2) is 0 Å². The van der Waals surface area contributed by atoms with E-state index >= 15 is 0 Å². The number of hydrogen-bond acceptors (Lipinski definition) is 4. The average Bonchev–Trinajstić information content (AvgIpc) is 2.81. The molecule has 0 aliphatic rings. The molecule has 0 spiro atoms. The molecule has 1 heterocycles. The fourth-order valence-electron chi connectivity index (χ4n) is 2.55. The Kier molecular flexibility index (Phi) is 5.19. The summed E-state index contributed by atoms with van der Waals surface area (Å²) in [4.78, 5) is 12.0. The molecule has 1 atom stereocenters. The van der Waals surface area contributed by atoms with Crippen molar-refractivity contribution in [2.45, 2.75) is 45.4 Å². The lowest BCUT2D eigenvalue weighted by Crippen LogP contribution is -2.22. The van der Waals surface area contributed by atoms with Crippen molar-refractivity contribution < 1.29 is 13.2 Å². The first-order chi connectivity index (χ1) is 11.8. The molecular formula is C18H26N4O3S. The summed E-state index contributed by atoms with van der Waals surface area (Å²) in [5.74, 6) is -0.855. The van der Waals surface area contributed by atoms with Crippen LogP contribution in [0.1, 0.15) is 55.4 Å². The van der Waals surface area contributed by atoms with Crippen LogP contribution in [0.2, 0.25) is 0 Å². The van der Waals surface area contributed by atoms with E-state index in [-0.39, 0.29) is 27.6 Å². The minimum atomic E-state index is -3.89. The Balaban J connectivity index is 2.60. The Labute approximate surface area is 154 Å². The van der Waals surface area contributed by atoms with Crippen molar-refractivity contribution in [1.29, 1.82) is 0 Å². The number of amides is 1. The Bertz CT molecular complexity index is 923. The van der Waals surface area contributed by atoms with Crippen molar-refractivity contribution >= 4 is 21.6 Å². The maximum Gasteiger partial charge on any atom is 0.269 e. The monoisotopic (exact) mass is 378 g/mol. The fourth-order valence-corrected chi connectivity index (χ4v) is 3.63. The summed E-state index contributed by atoms with van der Waals surface area (Å²) in [6.07, 6.45) is 0. The highest BCUT2D eigenvalue weighted by Crippen LogP contribution is 2.39. The summed E-state index contributed by atoms with van der Waals surface area (Å²) in [5.41, 5.74) is 6.91. The summed E-state index contributed by atoms with van der Waals surface area (Å²) >= 11 is 0. The number of nitrogens with zero attached hydrogens (tertiary/aromatic N) is 2. The van der Waals surface area contributed by atoms with E-state index in [1.165, 1.54) is 16.8 Å². The lowest BCUT2D eigenvalue weighted by Gasteiger charge is -2.26. The van der Waals surface area contributed by atoms with Crippen LogP contribution in [0.5, 0.6) is 0 Å². The largest absolute Gasteiger partial charge is 0.364 e. The number of rotatable bonds is 5. The first kappa shape index (κ1) is 20.0. The second-order valence-electron chi connectivity index (χ2n) is 7.60. The standard InChI is InChI=1S/C18H26N4O3S/c1-11-7-9-13(10-8-11)26(24,25)21-15-14(12(2)18(3,4)5)20-22(6)16(15)17(19)23/h7-10,12,21H,1-6H3,(H2,19,23)/t12-/m1/s1. The van der Waals surface area contributed by atoms with Crippen LogP contribution < -0.4 is 10.5 Å². The molecule has 142 valence electrons. The van der Waals surface area contributed by atoms with Crippen LogP contribution in [0, 0.1) is 12.3 Å². The third kappa shape index (κ3) is 3.90. The van der Waals surface area contributed by atoms with Crippen molar-refractivity contribution in [3.05, 3.63) is 41.2 Å². The lowest BCUT2D eigenvalue weighted by molar-refractivity contribution is 0.0992. The smallest absolute Gasteiger partial charge is 0.269 e. The zero-order valence-corrected chi connectivity index (χ0v) is 16.8. The number of nitrogens with two attached hydrogens (primary N) is 1. The van der Waals surface area contributed by atoms with Crippen LogP contribution >= 0.6 is 0 Å². The topological polar surface area (TPSA) is 107 Å². The van der Waals surface area contributed by atoms with E-state index in [0.29, 0.717) is 5.69 Å². The van der Waals surface area contributed by atoms with Crippen LogP contribution in [0.15, 0.2) is 29.2 Å². The van der Waals surface area contributed by atoms with Gasteiger partial charge in [-0.1, -0.05) is 45.4 Å². The van der Waals surface area contributed by atoms with E-state index in [1.807, 2.05) is 34.6 Å². The molecule has 0 radical (unpaired) electrons. The summed E-state index contributed by atoms with van der Waals surface area (Å²) in [7, 11) is -2.31. The normalized spacial score (nSPS) is 13.5. The van der Waals surface area contributed by atoms with Gasteiger partial charge in [-0.25, -0.2) is 8.42 Å². The quantitative estimate of drug-likeness (QED) is 0.834. The number of primary amides is 1. The first-order valence-electron chi connectivity index (χ1n) is 8.30. The maximum atomic E-state index is 12.8. The molecule has 0 aliphatic heterocycles. The zero-order valence-electron chi connectivity index (χ0n) is 16.0. The minimum Gasteiger partial charge on any atom is -0.364 e. The van der Waals surface area contributed by atoms with E-state index < -0.39 is 15.9 Å². The average molecular weight is 378 g/mol. The summed E-state index contributed by atoms with van der Waals surface area (Å²) < 4.78 is 29.5. The molecule has 0 saturated heterocycles. The first-order valence-corrected chi connectivity index (χ1v) is 9.79. The minimum absolute atomic E-state index is 0.0341. The summed E-state index contributed by atoms with van der Waals surface area (Å²) in [6.45, 7) is 9.88. The number of anilines is 1. The predicted octanol–water partition coefficient (Wildman–Crippen LogP) is 2.78. The number of carbonyl (C=O) groups is 1. The number of carbonyl (C=O) groups excluding carboxylic acids is 1. The van der Waals surface area contributed by atoms with Gasteiger partial charge in [-0.3, -0.25) is 14.2 Å².